The van der Waals surface area contributed by atoms with Crippen LogP contribution in [0.5, 0.6) is 5.75 Å². The standard InChI is InChI=1S/C24H31FN2O3S/c1-4-23(28)26(12-9-17(2)3)15-24(29)27-13-10-22-20(11-14-31-22)21(27)16-30-19-7-5-18(25)6-8-19/h5-8,11,14,17,21H,4,9-10,12-13,15-16H2,1-3H3. The quantitative estimate of drug-likeness (QED) is 0.562. The minimum Gasteiger partial charge on any atom is -0.491 e. The van der Waals surface area contributed by atoms with Crippen LogP contribution in [0.3, 0.4) is 0 Å². The summed E-state index contributed by atoms with van der Waals surface area (Å²) in [6, 6.07) is 7.72. The van der Waals surface area contributed by atoms with Gasteiger partial charge in [-0.15, -0.1) is 11.3 Å². The van der Waals surface area contributed by atoms with Crippen molar-refractivity contribution < 1.29 is 18.7 Å². The highest BCUT2D eigenvalue weighted by Gasteiger charge is 2.33. The Morgan fingerprint density at radius 3 is 2.68 bits per heavy atom. The first-order chi connectivity index (χ1) is 14.9. The highest BCUT2D eigenvalue weighted by Crippen LogP contribution is 2.34. The Kier molecular flexibility index (Phi) is 8.07. The van der Waals surface area contributed by atoms with Gasteiger partial charge in [-0.2, -0.15) is 0 Å². The molecule has 2 heterocycles. The fraction of sp³-hybridized carbons (Fsp3) is 0.500. The van der Waals surface area contributed by atoms with Crippen LogP contribution >= 0.6 is 11.3 Å². The molecule has 0 fully saturated rings. The third-order valence-electron chi connectivity index (χ3n) is 5.59. The van der Waals surface area contributed by atoms with Crippen molar-refractivity contribution in [3.05, 3.63) is 52.0 Å². The van der Waals surface area contributed by atoms with E-state index in [0.717, 1.165) is 18.4 Å². The summed E-state index contributed by atoms with van der Waals surface area (Å²) < 4.78 is 19.1. The number of halogens is 1. The van der Waals surface area contributed by atoms with Gasteiger partial charge in [-0.25, -0.2) is 4.39 Å². The van der Waals surface area contributed by atoms with Crippen LogP contribution in [-0.2, 0) is 16.0 Å². The lowest BCUT2D eigenvalue weighted by Crippen LogP contribution is -2.48. The van der Waals surface area contributed by atoms with Crippen molar-refractivity contribution in [2.75, 3.05) is 26.2 Å². The van der Waals surface area contributed by atoms with Gasteiger partial charge in [-0.3, -0.25) is 9.59 Å². The number of ether oxygens (including phenoxy) is 1. The molecule has 3 rings (SSSR count). The average molecular weight is 447 g/mol. The van der Waals surface area contributed by atoms with Gasteiger partial charge in [0.25, 0.3) is 0 Å². The number of carbonyl (C=O) groups is 2. The third kappa shape index (κ3) is 6.06. The highest BCUT2D eigenvalue weighted by atomic mass is 32.1. The number of fused-ring (bicyclic) bond motifs is 1. The van der Waals surface area contributed by atoms with Gasteiger partial charge in [0.05, 0.1) is 12.6 Å². The summed E-state index contributed by atoms with van der Waals surface area (Å²) in [7, 11) is 0. The lowest BCUT2D eigenvalue weighted by Gasteiger charge is -2.37. The molecule has 0 radical (unpaired) electrons. The van der Waals surface area contributed by atoms with E-state index in [1.54, 1.807) is 28.4 Å². The molecule has 1 aliphatic heterocycles. The Labute approximate surface area is 187 Å². The predicted octanol–water partition coefficient (Wildman–Crippen LogP) is 4.68. The van der Waals surface area contributed by atoms with E-state index in [0.29, 0.717) is 31.2 Å². The molecule has 1 atom stereocenters. The maximum atomic E-state index is 13.3. The Hall–Kier alpha value is -2.41. The predicted molar refractivity (Wildman–Crippen MR) is 121 cm³/mol. The van der Waals surface area contributed by atoms with Crippen molar-refractivity contribution >= 4 is 23.2 Å². The van der Waals surface area contributed by atoms with Crippen LogP contribution in [-0.4, -0.2) is 47.9 Å². The topological polar surface area (TPSA) is 49.9 Å². The van der Waals surface area contributed by atoms with Crippen LogP contribution < -0.4 is 4.74 Å². The number of rotatable bonds is 9. The van der Waals surface area contributed by atoms with E-state index in [2.05, 4.69) is 13.8 Å². The van der Waals surface area contributed by atoms with Crippen molar-refractivity contribution in [2.45, 2.75) is 46.1 Å². The molecule has 0 saturated heterocycles. The molecule has 168 valence electrons. The summed E-state index contributed by atoms with van der Waals surface area (Å²) in [5.41, 5.74) is 1.10. The molecule has 1 unspecified atom stereocenters. The van der Waals surface area contributed by atoms with Crippen molar-refractivity contribution in [3.8, 4) is 5.75 Å². The van der Waals surface area contributed by atoms with Gasteiger partial charge in [-0.1, -0.05) is 20.8 Å². The molecule has 0 saturated carbocycles. The number of amides is 2. The van der Waals surface area contributed by atoms with Gasteiger partial charge in [0.2, 0.25) is 11.8 Å². The van der Waals surface area contributed by atoms with Gasteiger partial charge in [0, 0.05) is 24.4 Å². The molecular formula is C24H31FN2O3S. The molecule has 7 heteroatoms. The van der Waals surface area contributed by atoms with Gasteiger partial charge >= 0.3 is 0 Å². The lowest BCUT2D eigenvalue weighted by molar-refractivity contribution is -0.142. The average Bonchev–Trinajstić information content (AvgIpc) is 3.24. The number of hydrogen-bond acceptors (Lipinski definition) is 4. The first kappa shape index (κ1) is 23.3. The summed E-state index contributed by atoms with van der Waals surface area (Å²) in [6.45, 7) is 7.62. The van der Waals surface area contributed by atoms with Gasteiger partial charge < -0.3 is 14.5 Å². The number of hydrogen-bond donors (Lipinski definition) is 0. The normalized spacial score (nSPS) is 15.6. The molecule has 2 amide bonds. The van der Waals surface area contributed by atoms with Crippen LogP contribution in [0.15, 0.2) is 35.7 Å². The van der Waals surface area contributed by atoms with Gasteiger partial charge in [-0.05, 0) is 60.0 Å². The number of nitrogens with zero attached hydrogens (tertiary/aromatic N) is 2. The van der Waals surface area contributed by atoms with E-state index in [1.165, 1.54) is 17.0 Å². The molecule has 1 aromatic carbocycles. The van der Waals surface area contributed by atoms with E-state index in [-0.39, 0.29) is 36.8 Å². The first-order valence-electron chi connectivity index (χ1n) is 10.9. The van der Waals surface area contributed by atoms with Crippen LogP contribution in [0.2, 0.25) is 0 Å². The molecular weight excluding hydrogens is 415 g/mol. The zero-order chi connectivity index (χ0) is 22.4. The van der Waals surface area contributed by atoms with Crippen molar-refractivity contribution in [1.29, 1.82) is 0 Å². The fourth-order valence-corrected chi connectivity index (χ4v) is 4.69. The van der Waals surface area contributed by atoms with Crippen LogP contribution in [0.25, 0.3) is 0 Å². The van der Waals surface area contributed by atoms with Crippen molar-refractivity contribution in [1.82, 2.24) is 9.80 Å². The zero-order valence-corrected chi connectivity index (χ0v) is 19.3. The fourth-order valence-electron chi connectivity index (χ4n) is 3.76. The second-order valence-electron chi connectivity index (χ2n) is 8.27. The van der Waals surface area contributed by atoms with Crippen molar-refractivity contribution in [3.63, 3.8) is 0 Å². The molecule has 5 nitrogen and oxygen atoms in total. The Morgan fingerprint density at radius 2 is 2.00 bits per heavy atom. The highest BCUT2D eigenvalue weighted by molar-refractivity contribution is 7.10. The molecule has 0 aliphatic carbocycles. The molecule has 2 aromatic rings. The molecule has 0 bridgehead atoms. The van der Waals surface area contributed by atoms with Crippen molar-refractivity contribution in [2.24, 2.45) is 5.92 Å². The van der Waals surface area contributed by atoms with Crippen LogP contribution in [0.4, 0.5) is 4.39 Å². The summed E-state index contributed by atoms with van der Waals surface area (Å²) in [5, 5.41) is 2.04. The Balaban J connectivity index is 1.74. The second-order valence-corrected chi connectivity index (χ2v) is 9.27. The minimum atomic E-state index is -0.316. The Bertz CT molecular complexity index is 881. The van der Waals surface area contributed by atoms with E-state index < -0.39 is 0 Å². The largest absolute Gasteiger partial charge is 0.491 e. The summed E-state index contributed by atoms with van der Waals surface area (Å²) in [6.07, 6.45) is 2.06. The van der Waals surface area contributed by atoms with Gasteiger partial charge in [0.1, 0.15) is 18.2 Å². The van der Waals surface area contributed by atoms with Crippen LogP contribution in [0.1, 0.15) is 50.1 Å². The van der Waals surface area contributed by atoms with E-state index in [4.69, 9.17) is 4.74 Å². The molecule has 31 heavy (non-hydrogen) atoms. The maximum absolute atomic E-state index is 13.3. The summed E-state index contributed by atoms with van der Waals surface area (Å²) >= 11 is 1.69. The smallest absolute Gasteiger partial charge is 0.242 e. The van der Waals surface area contributed by atoms with Crippen LogP contribution in [0, 0.1) is 11.7 Å². The van der Waals surface area contributed by atoms with E-state index >= 15 is 0 Å². The molecule has 0 N–H and O–H groups in total. The minimum absolute atomic E-state index is 0.00124. The zero-order valence-electron chi connectivity index (χ0n) is 18.5. The Morgan fingerprint density at radius 1 is 1.26 bits per heavy atom. The molecule has 0 spiro atoms. The summed E-state index contributed by atoms with van der Waals surface area (Å²) in [5.74, 6) is 0.652. The van der Waals surface area contributed by atoms with E-state index in [1.807, 2.05) is 23.3 Å². The SMILES string of the molecule is CCC(=O)N(CCC(C)C)CC(=O)N1CCc2sccc2C1COc1ccc(F)cc1. The van der Waals surface area contributed by atoms with E-state index in [9.17, 15) is 14.0 Å². The number of carbonyl (C=O) groups excluding carboxylic acids is 2. The lowest BCUT2D eigenvalue weighted by atomic mass is 10.0. The third-order valence-corrected chi connectivity index (χ3v) is 6.59. The molecule has 1 aliphatic rings. The second kappa shape index (κ2) is 10.8. The number of thiophene rings is 1. The number of benzene rings is 1. The maximum Gasteiger partial charge on any atom is 0.242 e. The molecule has 1 aromatic heterocycles. The summed E-state index contributed by atoms with van der Waals surface area (Å²) in [4.78, 5) is 30.5. The van der Waals surface area contributed by atoms with Gasteiger partial charge in [0.15, 0.2) is 0 Å². The first-order valence-corrected chi connectivity index (χ1v) is 11.8. The monoisotopic (exact) mass is 446 g/mol.